The van der Waals surface area contributed by atoms with Crippen LogP contribution in [0.3, 0.4) is 0 Å². The number of phenolic OH excluding ortho intramolecular Hbond substituents is 1. The van der Waals surface area contributed by atoms with Gasteiger partial charge in [-0.15, -0.1) is 0 Å². The van der Waals surface area contributed by atoms with Crippen molar-refractivity contribution in [1.29, 1.82) is 0 Å². The second-order valence-corrected chi connectivity index (χ2v) is 9.65. The zero-order valence-corrected chi connectivity index (χ0v) is 20.3. The van der Waals surface area contributed by atoms with Crippen LogP contribution in [0.2, 0.25) is 0 Å². The second kappa shape index (κ2) is 9.78. The average Bonchev–Trinajstić information content (AvgIpc) is 3.06. The lowest BCUT2D eigenvalue weighted by Gasteiger charge is -2.26. The number of rotatable bonds is 5. The average molecular weight is 486 g/mol. The van der Waals surface area contributed by atoms with Crippen LogP contribution in [0.15, 0.2) is 60.1 Å². The Morgan fingerprint density at radius 2 is 1.81 bits per heavy atom. The number of allylic oxidation sites excluding steroid dienone is 4. The highest BCUT2D eigenvalue weighted by Gasteiger charge is 2.31. The molecule has 0 radical (unpaired) electrons. The lowest BCUT2D eigenvalue weighted by molar-refractivity contribution is 0.183. The normalized spacial score (nSPS) is 18.8. The SMILES string of the molecule is OC1=CC2=CCOC=C2c2c(O)c(-c3ccc(OCCN4CCCCC4)cc3)c3c(c2C1)OCC=C3. The van der Waals surface area contributed by atoms with Crippen molar-refractivity contribution < 1.29 is 24.4 Å². The zero-order valence-electron chi connectivity index (χ0n) is 20.3. The van der Waals surface area contributed by atoms with Gasteiger partial charge in [0.2, 0.25) is 0 Å². The molecule has 6 heteroatoms. The van der Waals surface area contributed by atoms with Gasteiger partial charge in [-0.25, -0.2) is 0 Å². The highest BCUT2D eigenvalue weighted by atomic mass is 16.5. The maximum Gasteiger partial charge on any atom is 0.132 e. The predicted molar refractivity (Wildman–Crippen MR) is 140 cm³/mol. The van der Waals surface area contributed by atoms with Crippen molar-refractivity contribution >= 4 is 11.6 Å². The van der Waals surface area contributed by atoms with Gasteiger partial charge in [0.15, 0.2) is 0 Å². The van der Waals surface area contributed by atoms with E-state index in [1.165, 1.54) is 19.3 Å². The summed E-state index contributed by atoms with van der Waals surface area (Å²) in [6, 6.07) is 7.88. The largest absolute Gasteiger partial charge is 0.512 e. The number of aliphatic hydroxyl groups is 1. The summed E-state index contributed by atoms with van der Waals surface area (Å²) in [5, 5.41) is 22.3. The first-order valence-electron chi connectivity index (χ1n) is 12.8. The Labute approximate surface area is 211 Å². The Morgan fingerprint density at radius 1 is 0.972 bits per heavy atom. The summed E-state index contributed by atoms with van der Waals surface area (Å²) in [5.41, 5.74) is 5.38. The van der Waals surface area contributed by atoms with Crippen LogP contribution in [-0.4, -0.2) is 54.6 Å². The van der Waals surface area contributed by atoms with Gasteiger partial charge in [0.1, 0.15) is 37.1 Å². The van der Waals surface area contributed by atoms with Crippen molar-refractivity contribution in [2.75, 3.05) is 39.5 Å². The fourth-order valence-corrected chi connectivity index (χ4v) is 5.55. The Balaban J connectivity index is 1.35. The second-order valence-electron chi connectivity index (χ2n) is 9.65. The molecule has 0 bridgehead atoms. The van der Waals surface area contributed by atoms with Crippen LogP contribution in [-0.2, 0) is 11.2 Å². The van der Waals surface area contributed by atoms with Crippen LogP contribution in [0.5, 0.6) is 17.2 Å². The summed E-state index contributed by atoms with van der Waals surface area (Å²) < 4.78 is 17.7. The highest BCUT2D eigenvalue weighted by Crippen LogP contribution is 2.51. The van der Waals surface area contributed by atoms with Crippen molar-refractivity contribution in [3.05, 3.63) is 76.8 Å². The fraction of sp³-hybridized carbons (Fsp3) is 0.333. The molecule has 2 aromatic carbocycles. The standard InChI is InChI=1S/C30H31NO5/c32-22-17-21-10-15-34-19-26(21)28-25(18-22)30-24(5-4-14-36-30)27(29(28)33)20-6-8-23(9-7-20)35-16-13-31-11-2-1-3-12-31/h4-10,17,19,32-33H,1-3,11-16,18H2. The molecule has 1 fully saturated rings. The molecule has 0 aromatic heterocycles. The third-order valence-electron chi connectivity index (χ3n) is 7.30. The number of hydrogen-bond acceptors (Lipinski definition) is 6. The van der Waals surface area contributed by atoms with Gasteiger partial charge in [0.25, 0.3) is 0 Å². The molecule has 36 heavy (non-hydrogen) atoms. The van der Waals surface area contributed by atoms with E-state index in [1.807, 2.05) is 42.5 Å². The molecule has 0 saturated carbocycles. The molecule has 0 atom stereocenters. The molecule has 4 aliphatic rings. The quantitative estimate of drug-likeness (QED) is 0.572. The minimum absolute atomic E-state index is 0.156. The van der Waals surface area contributed by atoms with Gasteiger partial charge in [0.05, 0.1) is 12.0 Å². The molecular weight excluding hydrogens is 454 g/mol. The smallest absolute Gasteiger partial charge is 0.132 e. The molecule has 2 aromatic rings. The highest BCUT2D eigenvalue weighted by molar-refractivity contribution is 5.96. The number of aromatic hydroxyl groups is 1. The first kappa shape index (κ1) is 22.8. The third kappa shape index (κ3) is 4.26. The summed E-state index contributed by atoms with van der Waals surface area (Å²) in [6.07, 6.45) is 13.4. The Hall–Kier alpha value is -3.64. The van der Waals surface area contributed by atoms with E-state index in [0.717, 1.165) is 53.2 Å². The Morgan fingerprint density at radius 3 is 2.64 bits per heavy atom. The van der Waals surface area contributed by atoms with Gasteiger partial charge in [-0.3, -0.25) is 4.90 Å². The molecule has 0 unspecified atom stereocenters. The van der Waals surface area contributed by atoms with Crippen LogP contribution in [0.1, 0.15) is 36.0 Å². The number of phenols is 1. The molecule has 0 spiro atoms. The van der Waals surface area contributed by atoms with Crippen LogP contribution < -0.4 is 9.47 Å². The fourth-order valence-electron chi connectivity index (χ4n) is 5.55. The van der Waals surface area contributed by atoms with E-state index in [-0.39, 0.29) is 17.9 Å². The number of ether oxygens (including phenoxy) is 3. The van der Waals surface area contributed by atoms with Crippen LogP contribution in [0, 0.1) is 0 Å². The van der Waals surface area contributed by atoms with E-state index in [9.17, 15) is 10.2 Å². The molecule has 1 saturated heterocycles. The molecule has 1 aliphatic carbocycles. The summed E-state index contributed by atoms with van der Waals surface area (Å²) >= 11 is 0. The first-order chi connectivity index (χ1) is 17.7. The maximum absolute atomic E-state index is 11.7. The van der Waals surface area contributed by atoms with Gasteiger partial charge in [0, 0.05) is 40.8 Å². The van der Waals surface area contributed by atoms with Crippen molar-refractivity contribution in [2.45, 2.75) is 25.7 Å². The predicted octanol–water partition coefficient (Wildman–Crippen LogP) is 5.63. The number of aliphatic hydroxyl groups excluding tert-OH is 1. The van der Waals surface area contributed by atoms with E-state index in [0.29, 0.717) is 36.7 Å². The molecule has 186 valence electrons. The van der Waals surface area contributed by atoms with Crippen LogP contribution >= 0.6 is 0 Å². The number of piperidine rings is 1. The van der Waals surface area contributed by atoms with E-state index >= 15 is 0 Å². The lowest BCUT2D eigenvalue weighted by Crippen LogP contribution is -2.33. The maximum atomic E-state index is 11.7. The molecule has 0 amide bonds. The number of likely N-dealkylation sites (tertiary alicyclic amines) is 1. The van der Waals surface area contributed by atoms with E-state index in [4.69, 9.17) is 14.2 Å². The number of hydrogen-bond donors (Lipinski definition) is 2. The van der Waals surface area contributed by atoms with Gasteiger partial charge in [-0.05, 0) is 67.4 Å². The topological polar surface area (TPSA) is 71.4 Å². The third-order valence-corrected chi connectivity index (χ3v) is 7.30. The first-order valence-corrected chi connectivity index (χ1v) is 12.8. The van der Waals surface area contributed by atoms with Gasteiger partial charge < -0.3 is 24.4 Å². The minimum Gasteiger partial charge on any atom is -0.512 e. The van der Waals surface area contributed by atoms with Crippen molar-refractivity contribution in [2.24, 2.45) is 0 Å². The molecule has 6 rings (SSSR count). The minimum atomic E-state index is 0.156. The summed E-state index contributed by atoms with van der Waals surface area (Å²) in [6.45, 7) is 4.79. The Kier molecular flexibility index (Phi) is 6.20. The molecular formula is C30H31NO5. The number of nitrogens with zero attached hydrogens (tertiary/aromatic N) is 1. The number of fused-ring (bicyclic) bond motifs is 5. The van der Waals surface area contributed by atoms with E-state index < -0.39 is 0 Å². The summed E-state index contributed by atoms with van der Waals surface area (Å²) in [7, 11) is 0. The van der Waals surface area contributed by atoms with Crippen LogP contribution in [0.25, 0.3) is 22.8 Å². The van der Waals surface area contributed by atoms with Crippen molar-refractivity contribution in [1.82, 2.24) is 4.90 Å². The summed E-state index contributed by atoms with van der Waals surface area (Å²) in [4.78, 5) is 2.46. The Bertz CT molecular complexity index is 1280. The van der Waals surface area contributed by atoms with Crippen molar-refractivity contribution in [3.63, 3.8) is 0 Å². The summed E-state index contributed by atoms with van der Waals surface area (Å²) in [5.74, 6) is 1.89. The van der Waals surface area contributed by atoms with Gasteiger partial charge in [-0.2, -0.15) is 0 Å². The van der Waals surface area contributed by atoms with E-state index in [1.54, 1.807) is 12.3 Å². The van der Waals surface area contributed by atoms with Gasteiger partial charge in [-0.1, -0.05) is 24.6 Å². The van der Waals surface area contributed by atoms with Crippen LogP contribution in [0.4, 0.5) is 0 Å². The molecule has 2 N–H and O–H groups in total. The monoisotopic (exact) mass is 485 g/mol. The number of benzene rings is 2. The van der Waals surface area contributed by atoms with E-state index in [2.05, 4.69) is 4.90 Å². The molecule has 6 nitrogen and oxygen atoms in total. The zero-order chi connectivity index (χ0) is 24.5. The lowest BCUT2D eigenvalue weighted by atomic mass is 9.85. The molecule has 3 aliphatic heterocycles. The van der Waals surface area contributed by atoms with Gasteiger partial charge >= 0.3 is 0 Å². The van der Waals surface area contributed by atoms with Crippen molar-refractivity contribution in [3.8, 4) is 28.4 Å². The molecule has 3 heterocycles.